The fourth-order valence-corrected chi connectivity index (χ4v) is 2.11. The molecule has 0 heterocycles. The lowest BCUT2D eigenvalue weighted by Gasteiger charge is -2.19. The number of rotatable bonds is 4. The van der Waals surface area contributed by atoms with Gasteiger partial charge in [0.05, 0.1) is 6.54 Å². The van der Waals surface area contributed by atoms with Crippen LogP contribution in [0.3, 0.4) is 0 Å². The van der Waals surface area contributed by atoms with Crippen LogP contribution in [0.2, 0.25) is 0 Å². The number of hydrogen-bond acceptors (Lipinski definition) is 2. The van der Waals surface area contributed by atoms with Crippen LogP contribution in [0.5, 0.6) is 0 Å². The van der Waals surface area contributed by atoms with Crippen LogP contribution >= 0.6 is 0 Å². The fraction of sp³-hybridized carbons (Fsp3) is 0.263. The third-order valence-corrected chi connectivity index (χ3v) is 3.48. The van der Waals surface area contributed by atoms with Gasteiger partial charge in [0, 0.05) is 11.3 Å². The van der Waals surface area contributed by atoms with Crippen LogP contribution in [0.1, 0.15) is 36.7 Å². The summed E-state index contributed by atoms with van der Waals surface area (Å²) < 4.78 is 0. The van der Waals surface area contributed by atoms with Crippen LogP contribution in [-0.2, 0) is 10.2 Å². The molecule has 0 saturated heterocycles. The Morgan fingerprint density at radius 3 is 2.09 bits per heavy atom. The fourth-order valence-electron chi connectivity index (χ4n) is 2.11. The van der Waals surface area contributed by atoms with Gasteiger partial charge in [-0.1, -0.05) is 51.1 Å². The van der Waals surface area contributed by atoms with E-state index in [-0.39, 0.29) is 23.8 Å². The Kier molecular flexibility index (Phi) is 5.16. The quantitative estimate of drug-likeness (QED) is 0.910. The number of anilines is 1. The van der Waals surface area contributed by atoms with Crippen molar-refractivity contribution in [2.45, 2.75) is 26.2 Å². The van der Waals surface area contributed by atoms with E-state index in [1.54, 1.807) is 24.3 Å². The highest BCUT2D eigenvalue weighted by Gasteiger charge is 2.13. The average Bonchev–Trinajstić information content (AvgIpc) is 2.53. The highest BCUT2D eigenvalue weighted by atomic mass is 16.2. The lowest BCUT2D eigenvalue weighted by molar-refractivity contribution is -0.115. The molecule has 2 aromatic rings. The van der Waals surface area contributed by atoms with Crippen molar-refractivity contribution in [1.82, 2.24) is 5.32 Å². The summed E-state index contributed by atoms with van der Waals surface area (Å²) in [5.41, 5.74) is 2.53. The summed E-state index contributed by atoms with van der Waals surface area (Å²) in [7, 11) is 0. The molecule has 4 nitrogen and oxygen atoms in total. The monoisotopic (exact) mass is 310 g/mol. The zero-order valence-corrected chi connectivity index (χ0v) is 13.7. The van der Waals surface area contributed by atoms with Crippen molar-refractivity contribution in [2.24, 2.45) is 0 Å². The average molecular weight is 310 g/mol. The molecule has 0 bridgehead atoms. The molecule has 0 aliphatic carbocycles. The zero-order chi connectivity index (χ0) is 16.9. The lowest BCUT2D eigenvalue weighted by atomic mass is 9.87. The second kappa shape index (κ2) is 7.09. The Hall–Kier alpha value is -2.62. The Morgan fingerprint density at radius 2 is 1.52 bits per heavy atom. The van der Waals surface area contributed by atoms with Gasteiger partial charge in [-0.25, -0.2) is 0 Å². The van der Waals surface area contributed by atoms with Gasteiger partial charge in [0.15, 0.2) is 0 Å². The van der Waals surface area contributed by atoms with Gasteiger partial charge in [-0.2, -0.15) is 0 Å². The molecule has 2 amide bonds. The minimum Gasteiger partial charge on any atom is -0.343 e. The van der Waals surface area contributed by atoms with Crippen LogP contribution in [0.15, 0.2) is 54.6 Å². The zero-order valence-electron chi connectivity index (χ0n) is 13.7. The molecule has 120 valence electrons. The molecule has 0 aliphatic rings. The van der Waals surface area contributed by atoms with Crippen molar-refractivity contribution in [1.29, 1.82) is 0 Å². The van der Waals surface area contributed by atoms with Gasteiger partial charge >= 0.3 is 0 Å². The van der Waals surface area contributed by atoms with Crippen LogP contribution in [0.4, 0.5) is 5.69 Å². The number of nitrogens with one attached hydrogen (secondary N) is 2. The number of carbonyl (C=O) groups is 2. The van der Waals surface area contributed by atoms with E-state index in [2.05, 4.69) is 31.4 Å². The van der Waals surface area contributed by atoms with E-state index in [0.717, 1.165) is 5.69 Å². The van der Waals surface area contributed by atoms with Gasteiger partial charge in [0.1, 0.15) is 0 Å². The second-order valence-electron chi connectivity index (χ2n) is 6.42. The molecule has 0 atom stereocenters. The van der Waals surface area contributed by atoms with Crippen LogP contribution in [0, 0.1) is 0 Å². The maximum absolute atomic E-state index is 11.9. The Morgan fingerprint density at radius 1 is 0.913 bits per heavy atom. The van der Waals surface area contributed by atoms with Gasteiger partial charge < -0.3 is 10.6 Å². The molecule has 0 aromatic heterocycles. The molecule has 23 heavy (non-hydrogen) atoms. The third-order valence-electron chi connectivity index (χ3n) is 3.48. The van der Waals surface area contributed by atoms with Gasteiger partial charge in [-0.15, -0.1) is 0 Å². The van der Waals surface area contributed by atoms with Gasteiger partial charge in [-0.05, 0) is 35.2 Å². The van der Waals surface area contributed by atoms with E-state index in [1.807, 2.05) is 30.3 Å². The summed E-state index contributed by atoms with van der Waals surface area (Å²) in [4.78, 5) is 23.8. The number of benzene rings is 2. The first-order valence-corrected chi connectivity index (χ1v) is 7.60. The lowest BCUT2D eigenvalue weighted by Crippen LogP contribution is -2.32. The van der Waals surface area contributed by atoms with Crippen molar-refractivity contribution >= 4 is 17.5 Å². The first-order valence-electron chi connectivity index (χ1n) is 7.60. The van der Waals surface area contributed by atoms with Crippen molar-refractivity contribution in [3.05, 3.63) is 65.7 Å². The van der Waals surface area contributed by atoms with E-state index in [4.69, 9.17) is 0 Å². The van der Waals surface area contributed by atoms with E-state index < -0.39 is 0 Å². The Bertz CT molecular complexity index is 671. The van der Waals surface area contributed by atoms with Gasteiger partial charge in [-0.3, -0.25) is 9.59 Å². The predicted octanol–water partition coefficient (Wildman–Crippen LogP) is 3.35. The van der Waals surface area contributed by atoms with Crippen molar-refractivity contribution < 1.29 is 9.59 Å². The number of hydrogen-bond donors (Lipinski definition) is 2. The summed E-state index contributed by atoms with van der Waals surface area (Å²) in [6.45, 7) is 6.36. The minimum atomic E-state index is -0.260. The molecular formula is C19H22N2O2. The van der Waals surface area contributed by atoms with Crippen LogP contribution in [0.25, 0.3) is 0 Å². The van der Waals surface area contributed by atoms with E-state index >= 15 is 0 Å². The van der Waals surface area contributed by atoms with Crippen molar-refractivity contribution in [2.75, 3.05) is 11.9 Å². The van der Waals surface area contributed by atoms with Crippen LogP contribution < -0.4 is 10.6 Å². The molecule has 0 fully saturated rings. The van der Waals surface area contributed by atoms with Gasteiger partial charge in [0.2, 0.25) is 5.91 Å². The summed E-state index contributed by atoms with van der Waals surface area (Å²) >= 11 is 0. The maximum Gasteiger partial charge on any atom is 0.251 e. The highest BCUT2D eigenvalue weighted by Crippen LogP contribution is 2.23. The summed E-state index contributed by atoms with van der Waals surface area (Å²) in [5.74, 6) is -0.512. The van der Waals surface area contributed by atoms with E-state index in [1.165, 1.54) is 5.56 Å². The minimum absolute atomic E-state index is 0.0608. The molecule has 2 aromatic carbocycles. The highest BCUT2D eigenvalue weighted by molar-refractivity contribution is 5.99. The summed E-state index contributed by atoms with van der Waals surface area (Å²) in [6, 6.07) is 16.6. The summed E-state index contributed by atoms with van der Waals surface area (Å²) in [5, 5.41) is 5.38. The molecule has 0 radical (unpaired) electrons. The molecule has 0 aliphatic heterocycles. The smallest absolute Gasteiger partial charge is 0.251 e. The van der Waals surface area contributed by atoms with Crippen LogP contribution in [-0.4, -0.2) is 18.4 Å². The summed E-state index contributed by atoms with van der Waals surface area (Å²) in [6.07, 6.45) is 0. The molecule has 0 spiro atoms. The van der Waals surface area contributed by atoms with Crippen molar-refractivity contribution in [3.63, 3.8) is 0 Å². The predicted molar refractivity (Wildman–Crippen MR) is 92.5 cm³/mol. The first kappa shape index (κ1) is 16.7. The SMILES string of the molecule is CC(C)(C)c1ccc(NC(=O)CNC(=O)c2ccccc2)cc1. The van der Waals surface area contributed by atoms with Crippen molar-refractivity contribution in [3.8, 4) is 0 Å². The topological polar surface area (TPSA) is 58.2 Å². The second-order valence-corrected chi connectivity index (χ2v) is 6.42. The van der Waals surface area contributed by atoms with E-state index in [0.29, 0.717) is 5.56 Å². The number of carbonyl (C=O) groups excluding carboxylic acids is 2. The molecule has 0 unspecified atom stereocenters. The normalized spacial score (nSPS) is 10.9. The third kappa shape index (κ3) is 4.95. The maximum atomic E-state index is 11.9. The molecule has 4 heteroatoms. The standard InChI is InChI=1S/C19H22N2O2/c1-19(2,3)15-9-11-16(12-10-15)21-17(22)13-20-18(23)14-7-5-4-6-8-14/h4-12H,13H2,1-3H3,(H,20,23)(H,21,22). The Balaban J connectivity index is 1.86. The van der Waals surface area contributed by atoms with Gasteiger partial charge in [0.25, 0.3) is 5.91 Å². The molecule has 0 saturated carbocycles. The Labute approximate surface area is 136 Å². The van der Waals surface area contributed by atoms with E-state index in [9.17, 15) is 9.59 Å². The number of amides is 2. The first-order chi connectivity index (χ1) is 10.9. The molecular weight excluding hydrogens is 288 g/mol. The molecule has 2 N–H and O–H groups in total. The molecule has 2 rings (SSSR count). The largest absolute Gasteiger partial charge is 0.343 e.